The van der Waals surface area contributed by atoms with Crippen LogP contribution in [0.1, 0.15) is 15.9 Å². The first-order chi connectivity index (χ1) is 17.4. The number of ether oxygens (including phenoxy) is 1. The summed E-state index contributed by atoms with van der Waals surface area (Å²) in [6.07, 6.45) is 5.15. The zero-order valence-corrected chi connectivity index (χ0v) is 20.0. The van der Waals surface area contributed by atoms with Gasteiger partial charge in [-0.1, -0.05) is 0 Å². The molecule has 1 N–H and O–H groups in total. The number of nitrogens with one attached hydrogen (secondary N) is 1. The molecule has 0 radical (unpaired) electrons. The molecule has 0 saturated carbocycles. The van der Waals surface area contributed by atoms with Crippen molar-refractivity contribution >= 4 is 23.1 Å². The van der Waals surface area contributed by atoms with Gasteiger partial charge in [-0.3, -0.25) is 9.20 Å². The average molecular weight is 493 g/mol. The van der Waals surface area contributed by atoms with E-state index in [-0.39, 0.29) is 11.7 Å². The number of fused-ring (bicyclic) bond motifs is 1. The van der Waals surface area contributed by atoms with Gasteiger partial charge in [-0.05, 0) is 62.0 Å². The Morgan fingerprint density at radius 2 is 1.81 bits per heavy atom. The van der Waals surface area contributed by atoms with E-state index in [0.29, 0.717) is 17.0 Å². The second-order valence-electron chi connectivity index (χ2n) is 8.77. The minimum Gasteiger partial charge on any atom is -0.435 e. The number of likely N-dealkylation sites (N-methyl/N-ethyl adjacent to an activating group) is 1. The Bertz CT molecular complexity index is 1380. The fourth-order valence-electron chi connectivity index (χ4n) is 4.33. The third-order valence-corrected chi connectivity index (χ3v) is 6.31. The Morgan fingerprint density at radius 3 is 2.50 bits per heavy atom. The number of carbonyl (C=O) groups excluding carboxylic acids is 1. The third kappa shape index (κ3) is 4.85. The van der Waals surface area contributed by atoms with Crippen molar-refractivity contribution in [1.82, 2.24) is 24.2 Å². The topological polar surface area (TPSA) is 75.0 Å². The lowest BCUT2D eigenvalue weighted by Gasteiger charge is -2.32. The summed E-state index contributed by atoms with van der Waals surface area (Å²) in [6, 6.07) is 12.0. The number of nitrogens with zero attached hydrogens (tertiary/aromatic N) is 5. The van der Waals surface area contributed by atoms with Gasteiger partial charge in [0.2, 0.25) is 0 Å². The van der Waals surface area contributed by atoms with E-state index in [0.717, 1.165) is 48.7 Å². The number of amides is 1. The highest BCUT2D eigenvalue weighted by molar-refractivity contribution is 5.96. The molecule has 8 nitrogen and oxygen atoms in total. The lowest BCUT2D eigenvalue weighted by Crippen LogP contribution is -2.47. The number of carbonyl (C=O) groups is 1. The van der Waals surface area contributed by atoms with Gasteiger partial charge in [0, 0.05) is 55.4 Å². The van der Waals surface area contributed by atoms with Gasteiger partial charge < -0.3 is 19.9 Å². The minimum absolute atomic E-state index is 0.0512. The summed E-state index contributed by atoms with van der Waals surface area (Å²) in [4.78, 5) is 26.1. The summed E-state index contributed by atoms with van der Waals surface area (Å²) in [6.45, 7) is 2.27. The quantitative estimate of drug-likeness (QED) is 0.429. The third-order valence-electron chi connectivity index (χ3n) is 6.31. The highest BCUT2D eigenvalue weighted by Crippen LogP contribution is 2.28. The average Bonchev–Trinajstić information content (AvgIpc) is 3.30. The predicted molar refractivity (Wildman–Crippen MR) is 133 cm³/mol. The van der Waals surface area contributed by atoms with Crippen molar-refractivity contribution in [1.29, 1.82) is 0 Å². The van der Waals surface area contributed by atoms with E-state index >= 15 is 0 Å². The minimum atomic E-state index is -2.87. The van der Waals surface area contributed by atoms with Gasteiger partial charge in [-0.2, -0.15) is 8.78 Å². The molecule has 0 unspecified atom stereocenters. The van der Waals surface area contributed by atoms with Crippen LogP contribution in [0, 0.1) is 6.92 Å². The molecule has 0 aliphatic carbocycles. The van der Waals surface area contributed by atoms with Gasteiger partial charge in [0.05, 0.1) is 11.9 Å². The second-order valence-corrected chi connectivity index (χ2v) is 8.77. The molecule has 0 spiro atoms. The van der Waals surface area contributed by atoms with Gasteiger partial charge in [0.25, 0.3) is 5.91 Å². The van der Waals surface area contributed by atoms with Crippen LogP contribution in [0.4, 0.5) is 20.3 Å². The lowest BCUT2D eigenvalue weighted by molar-refractivity contribution is -0.0498. The van der Waals surface area contributed by atoms with Gasteiger partial charge in [0.1, 0.15) is 5.75 Å². The molecule has 0 atom stereocenters. The van der Waals surface area contributed by atoms with Crippen LogP contribution < -0.4 is 10.1 Å². The van der Waals surface area contributed by atoms with Crippen molar-refractivity contribution in [2.24, 2.45) is 0 Å². The molecule has 1 aliphatic heterocycles. The van der Waals surface area contributed by atoms with Crippen LogP contribution in [0.2, 0.25) is 0 Å². The number of halogens is 2. The van der Waals surface area contributed by atoms with E-state index < -0.39 is 6.61 Å². The molecular formula is C26H26F2N6O2. The summed E-state index contributed by atoms with van der Waals surface area (Å²) in [5, 5.41) is 3.31. The van der Waals surface area contributed by atoms with Gasteiger partial charge in [-0.15, -0.1) is 0 Å². The Hall–Kier alpha value is -4.05. The number of piperazine rings is 1. The molecule has 3 heterocycles. The van der Waals surface area contributed by atoms with E-state index in [1.807, 2.05) is 34.4 Å². The molecule has 1 aliphatic rings. The summed E-state index contributed by atoms with van der Waals surface area (Å²) in [5.74, 6) is 0.700. The second kappa shape index (κ2) is 9.90. The highest BCUT2D eigenvalue weighted by Gasteiger charge is 2.22. The van der Waals surface area contributed by atoms with Crippen molar-refractivity contribution in [3.05, 3.63) is 72.2 Å². The number of anilines is 2. The number of hydrogen-bond donors (Lipinski definition) is 1. The summed E-state index contributed by atoms with van der Waals surface area (Å²) in [5.41, 5.74) is 4.55. The van der Waals surface area contributed by atoms with Crippen LogP contribution in [0.15, 0.2) is 61.1 Å². The Labute approximate surface area is 207 Å². The number of benzene rings is 2. The van der Waals surface area contributed by atoms with Gasteiger partial charge >= 0.3 is 6.61 Å². The zero-order chi connectivity index (χ0) is 25.2. The highest BCUT2D eigenvalue weighted by atomic mass is 19.3. The lowest BCUT2D eigenvalue weighted by atomic mass is 10.1. The molecule has 5 rings (SSSR count). The van der Waals surface area contributed by atoms with E-state index in [1.165, 1.54) is 12.1 Å². The number of hydrogen-bond acceptors (Lipinski definition) is 6. The fraction of sp³-hybridized carbons (Fsp3) is 0.269. The predicted octanol–water partition coefficient (Wildman–Crippen LogP) is 4.44. The molecule has 1 fully saturated rings. The Kier molecular flexibility index (Phi) is 6.51. The molecular weight excluding hydrogens is 466 g/mol. The number of imidazole rings is 1. The Balaban J connectivity index is 1.36. The molecule has 10 heteroatoms. The largest absolute Gasteiger partial charge is 0.435 e. The van der Waals surface area contributed by atoms with Crippen molar-refractivity contribution < 1.29 is 18.3 Å². The first kappa shape index (κ1) is 23.7. The number of aromatic nitrogens is 3. The first-order valence-electron chi connectivity index (χ1n) is 11.6. The first-order valence-corrected chi connectivity index (χ1v) is 11.6. The summed E-state index contributed by atoms with van der Waals surface area (Å²) >= 11 is 0. The van der Waals surface area contributed by atoms with E-state index in [2.05, 4.69) is 32.0 Å². The van der Waals surface area contributed by atoms with E-state index in [4.69, 9.17) is 0 Å². The van der Waals surface area contributed by atoms with Crippen LogP contribution in [0.25, 0.3) is 16.9 Å². The zero-order valence-electron chi connectivity index (χ0n) is 20.0. The number of alkyl halides is 2. The van der Waals surface area contributed by atoms with Crippen LogP contribution in [-0.4, -0.2) is 69.9 Å². The molecule has 1 amide bonds. The van der Waals surface area contributed by atoms with E-state index in [9.17, 15) is 13.6 Å². The van der Waals surface area contributed by atoms with Crippen molar-refractivity contribution in [3.63, 3.8) is 0 Å². The van der Waals surface area contributed by atoms with Crippen LogP contribution in [0.5, 0.6) is 5.75 Å². The molecule has 36 heavy (non-hydrogen) atoms. The standard InChI is InChI=1S/C26H26F2N6O2/c1-17-15-19(5-8-21(17)25(35)33-13-11-32(2)12-14-33)31-23-24-30-16-22(34(24)10-9-29-23)18-3-6-20(7-4-18)36-26(27)28/h3-10,15-16,26H,11-14H2,1-2H3,(H,29,31). The number of aryl methyl sites for hydroxylation is 1. The SMILES string of the molecule is Cc1cc(Nc2nccn3c(-c4ccc(OC(F)F)cc4)cnc23)ccc1C(=O)N1CCN(C)CC1. The summed E-state index contributed by atoms with van der Waals surface area (Å²) in [7, 11) is 2.06. The maximum atomic E-state index is 13.0. The molecule has 186 valence electrons. The molecule has 4 aromatic rings. The smallest absolute Gasteiger partial charge is 0.387 e. The van der Waals surface area contributed by atoms with Crippen LogP contribution in [0.3, 0.4) is 0 Å². The van der Waals surface area contributed by atoms with Crippen LogP contribution >= 0.6 is 0 Å². The van der Waals surface area contributed by atoms with Gasteiger partial charge in [0.15, 0.2) is 11.5 Å². The Morgan fingerprint density at radius 1 is 1.06 bits per heavy atom. The van der Waals surface area contributed by atoms with E-state index in [1.54, 1.807) is 30.7 Å². The van der Waals surface area contributed by atoms with Crippen molar-refractivity contribution in [2.45, 2.75) is 13.5 Å². The monoisotopic (exact) mass is 492 g/mol. The van der Waals surface area contributed by atoms with Crippen molar-refractivity contribution in [2.75, 3.05) is 38.5 Å². The summed E-state index contributed by atoms with van der Waals surface area (Å²) < 4.78 is 31.2. The van der Waals surface area contributed by atoms with Crippen LogP contribution in [-0.2, 0) is 0 Å². The normalized spacial score (nSPS) is 14.4. The maximum Gasteiger partial charge on any atom is 0.387 e. The maximum absolute atomic E-state index is 13.0. The molecule has 1 saturated heterocycles. The molecule has 2 aromatic heterocycles. The molecule has 0 bridgehead atoms. The number of rotatable bonds is 6. The van der Waals surface area contributed by atoms with Crippen molar-refractivity contribution in [3.8, 4) is 17.0 Å². The van der Waals surface area contributed by atoms with Gasteiger partial charge in [-0.25, -0.2) is 9.97 Å². The molecule has 2 aromatic carbocycles. The fourth-order valence-corrected chi connectivity index (χ4v) is 4.33.